The van der Waals surface area contributed by atoms with Crippen LogP contribution in [0.4, 0.5) is 23.7 Å². The highest BCUT2D eigenvalue weighted by Gasteiger charge is 2.54. The maximum Gasteiger partial charge on any atom is 0.417 e. The van der Waals surface area contributed by atoms with Crippen molar-refractivity contribution in [1.29, 1.82) is 0 Å². The number of piperidine rings is 1. The maximum absolute atomic E-state index is 12.8. The first-order chi connectivity index (χ1) is 11.2. The van der Waals surface area contributed by atoms with Crippen LogP contribution in [-0.2, 0) is 0 Å². The number of fused-ring (bicyclic) bond motifs is 1. The van der Waals surface area contributed by atoms with Gasteiger partial charge in [0.15, 0.2) is 17.1 Å². The highest BCUT2D eigenvalue weighted by molar-refractivity contribution is 5.91. The van der Waals surface area contributed by atoms with Gasteiger partial charge in [-0.1, -0.05) is 0 Å². The molecule has 2 aromatic rings. The molecule has 130 valence electrons. The molecule has 9 heteroatoms. The van der Waals surface area contributed by atoms with Crippen molar-refractivity contribution >= 4 is 22.8 Å². The van der Waals surface area contributed by atoms with Crippen molar-refractivity contribution in [3.63, 3.8) is 0 Å². The van der Waals surface area contributed by atoms with Crippen molar-refractivity contribution in [3.8, 4) is 0 Å². The molecule has 1 aliphatic rings. The second kappa shape index (κ2) is 5.66. The molecule has 0 atom stereocenters. The van der Waals surface area contributed by atoms with E-state index in [0.717, 1.165) is 0 Å². The summed E-state index contributed by atoms with van der Waals surface area (Å²) in [6.45, 7) is 1.36. The summed E-state index contributed by atoms with van der Waals surface area (Å²) in [4.78, 5) is 17.6. The van der Waals surface area contributed by atoms with Gasteiger partial charge in [-0.3, -0.25) is 0 Å². The standard InChI is InChI=1S/C15H16F3N3O3/c1-9-19-11-8-10(2-3-12(11)24-9)20-13(22)21-6-4-14(23,5-7-21)15(16,17)18/h2-3,8,23H,4-7H2,1H3,(H,20,22). The lowest BCUT2D eigenvalue weighted by Crippen LogP contribution is -2.55. The monoisotopic (exact) mass is 343 g/mol. The fraction of sp³-hybridized carbons (Fsp3) is 0.467. The highest BCUT2D eigenvalue weighted by atomic mass is 19.4. The molecule has 0 radical (unpaired) electrons. The number of hydrogen-bond acceptors (Lipinski definition) is 4. The number of alkyl halides is 3. The van der Waals surface area contributed by atoms with Crippen LogP contribution in [0.5, 0.6) is 0 Å². The largest absolute Gasteiger partial charge is 0.441 e. The number of oxazole rings is 1. The van der Waals surface area contributed by atoms with Gasteiger partial charge in [-0.2, -0.15) is 13.2 Å². The average molecular weight is 343 g/mol. The Morgan fingerprint density at radius 1 is 1.38 bits per heavy atom. The van der Waals surface area contributed by atoms with E-state index in [1.54, 1.807) is 25.1 Å². The third-order valence-corrected chi connectivity index (χ3v) is 4.15. The van der Waals surface area contributed by atoms with Gasteiger partial charge >= 0.3 is 12.2 Å². The quantitative estimate of drug-likeness (QED) is 0.834. The predicted octanol–water partition coefficient (Wildman–Crippen LogP) is 3.06. The summed E-state index contributed by atoms with van der Waals surface area (Å²) in [5, 5.41) is 12.2. The summed E-state index contributed by atoms with van der Waals surface area (Å²) in [6.07, 6.45) is -5.76. The van der Waals surface area contributed by atoms with Crippen LogP contribution in [0.3, 0.4) is 0 Å². The van der Waals surface area contributed by atoms with Gasteiger partial charge in [0.2, 0.25) is 0 Å². The third kappa shape index (κ3) is 3.03. The number of nitrogens with one attached hydrogen (secondary N) is 1. The number of carbonyl (C=O) groups is 1. The van der Waals surface area contributed by atoms with Gasteiger partial charge in [0.05, 0.1) is 0 Å². The van der Waals surface area contributed by atoms with Crippen molar-refractivity contribution in [2.75, 3.05) is 18.4 Å². The molecule has 24 heavy (non-hydrogen) atoms. The van der Waals surface area contributed by atoms with Crippen LogP contribution in [0.15, 0.2) is 22.6 Å². The first kappa shape index (κ1) is 16.6. The number of urea groups is 1. The van der Waals surface area contributed by atoms with E-state index >= 15 is 0 Å². The van der Waals surface area contributed by atoms with Crippen LogP contribution >= 0.6 is 0 Å². The summed E-state index contributed by atoms with van der Waals surface area (Å²) in [7, 11) is 0. The van der Waals surface area contributed by atoms with Gasteiger partial charge in [-0.15, -0.1) is 0 Å². The van der Waals surface area contributed by atoms with Gasteiger partial charge in [-0.05, 0) is 18.2 Å². The lowest BCUT2D eigenvalue weighted by atomic mass is 9.91. The topological polar surface area (TPSA) is 78.6 Å². The molecule has 3 rings (SSSR count). The van der Waals surface area contributed by atoms with Crippen LogP contribution in [0, 0.1) is 6.92 Å². The fourth-order valence-corrected chi connectivity index (χ4v) is 2.69. The van der Waals surface area contributed by atoms with Crippen molar-refractivity contribution in [2.24, 2.45) is 0 Å². The Kier molecular flexibility index (Phi) is 3.90. The zero-order valence-corrected chi connectivity index (χ0v) is 12.9. The van der Waals surface area contributed by atoms with Crippen molar-refractivity contribution in [2.45, 2.75) is 31.5 Å². The minimum atomic E-state index is -4.69. The molecular formula is C15H16F3N3O3. The second-order valence-corrected chi connectivity index (χ2v) is 5.86. The average Bonchev–Trinajstić information content (AvgIpc) is 2.86. The molecule has 0 aliphatic carbocycles. The molecule has 1 aromatic carbocycles. The summed E-state index contributed by atoms with van der Waals surface area (Å²) >= 11 is 0. The number of aromatic nitrogens is 1. The van der Waals surface area contributed by atoms with E-state index in [9.17, 15) is 23.1 Å². The number of hydrogen-bond donors (Lipinski definition) is 2. The van der Waals surface area contributed by atoms with Crippen LogP contribution in [0.1, 0.15) is 18.7 Å². The molecule has 1 saturated heterocycles. The fourth-order valence-electron chi connectivity index (χ4n) is 2.69. The number of amides is 2. The second-order valence-electron chi connectivity index (χ2n) is 5.86. The smallest absolute Gasteiger partial charge is 0.417 e. The van der Waals surface area contributed by atoms with Crippen molar-refractivity contribution in [3.05, 3.63) is 24.1 Å². The van der Waals surface area contributed by atoms with E-state index in [1.165, 1.54) is 4.90 Å². The number of halogens is 3. The van der Waals surface area contributed by atoms with E-state index < -0.39 is 30.7 Å². The summed E-state index contributed by atoms with van der Waals surface area (Å²) in [5.74, 6) is 0.496. The van der Waals surface area contributed by atoms with Gasteiger partial charge in [0.25, 0.3) is 0 Å². The number of rotatable bonds is 1. The molecule has 1 aromatic heterocycles. The molecule has 1 aliphatic heterocycles. The zero-order chi connectivity index (χ0) is 17.5. The summed E-state index contributed by atoms with van der Waals surface area (Å²) in [6, 6.07) is 4.39. The Balaban J connectivity index is 1.65. The molecule has 6 nitrogen and oxygen atoms in total. The Hall–Kier alpha value is -2.29. The molecular weight excluding hydrogens is 327 g/mol. The van der Waals surface area contributed by atoms with E-state index in [1.807, 2.05) is 0 Å². The minimum Gasteiger partial charge on any atom is -0.441 e. The van der Waals surface area contributed by atoms with Crippen LogP contribution in [0.25, 0.3) is 11.1 Å². The summed E-state index contributed by atoms with van der Waals surface area (Å²) in [5.41, 5.74) is -1.09. The minimum absolute atomic E-state index is 0.173. The molecule has 0 saturated carbocycles. The molecule has 0 unspecified atom stereocenters. The highest BCUT2D eigenvalue weighted by Crippen LogP contribution is 2.38. The lowest BCUT2D eigenvalue weighted by Gasteiger charge is -2.38. The molecule has 2 N–H and O–H groups in total. The number of nitrogens with zero attached hydrogens (tertiary/aromatic N) is 2. The Bertz CT molecular complexity index is 764. The zero-order valence-electron chi connectivity index (χ0n) is 12.9. The molecule has 2 heterocycles. The van der Waals surface area contributed by atoms with Gasteiger partial charge in [-0.25, -0.2) is 9.78 Å². The molecule has 0 bridgehead atoms. The number of aliphatic hydroxyl groups is 1. The van der Waals surface area contributed by atoms with Crippen molar-refractivity contribution < 1.29 is 27.5 Å². The molecule has 0 spiro atoms. The van der Waals surface area contributed by atoms with E-state index in [2.05, 4.69) is 10.3 Å². The van der Waals surface area contributed by atoms with Crippen molar-refractivity contribution in [1.82, 2.24) is 9.88 Å². The van der Waals surface area contributed by atoms with Gasteiger partial charge in [0.1, 0.15) is 5.52 Å². The predicted molar refractivity (Wildman–Crippen MR) is 79.6 cm³/mol. The number of carbonyl (C=O) groups excluding carboxylic acids is 1. The summed E-state index contributed by atoms with van der Waals surface area (Å²) < 4.78 is 43.6. The molecule has 2 amide bonds. The van der Waals surface area contributed by atoms with E-state index in [4.69, 9.17) is 4.42 Å². The molecule has 1 fully saturated rings. The Labute approximate surface area is 135 Å². The Morgan fingerprint density at radius 3 is 2.67 bits per heavy atom. The third-order valence-electron chi connectivity index (χ3n) is 4.15. The normalized spacial score (nSPS) is 18.0. The maximum atomic E-state index is 12.8. The van der Waals surface area contributed by atoms with Crippen LogP contribution in [0.2, 0.25) is 0 Å². The first-order valence-electron chi connectivity index (χ1n) is 7.40. The Morgan fingerprint density at radius 2 is 2.04 bits per heavy atom. The number of benzene rings is 1. The number of aryl methyl sites for hydroxylation is 1. The lowest BCUT2D eigenvalue weighted by molar-refractivity contribution is -0.271. The van der Waals surface area contributed by atoms with E-state index in [-0.39, 0.29) is 13.1 Å². The number of anilines is 1. The van der Waals surface area contributed by atoms with E-state index in [0.29, 0.717) is 22.7 Å². The first-order valence-corrected chi connectivity index (χ1v) is 7.40. The van der Waals surface area contributed by atoms with Crippen LogP contribution in [-0.4, -0.2) is 45.9 Å². The number of likely N-dealkylation sites (tertiary alicyclic amines) is 1. The van der Waals surface area contributed by atoms with Crippen LogP contribution < -0.4 is 5.32 Å². The van der Waals surface area contributed by atoms with Gasteiger partial charge < -0.3 is 19.7 Å². The SMILES string of the molecule is Cc1nc2cc(NC(=O)N3CCC(O)(C(F)(F)F)CC3)ccc2o1. The van der Waals surface area contributed by atoms with Gasteiger partial charge in [0, 0.05) is 38.5 Å².